The number of carbonyl (C=O) groups is 1. The fourth-order valence-corrected chi connectivity index (χ4v) is 4.01. The Hall–Kier alpha value is -2.83. The first-order valence-electron chi connectivity index (χ1n) is 8.50. The molecule has 0 aliphatic heterocycles. The number of aromatic nitrogens is 3. The van der Waals surface area contributed by atoms with Crippen molar-refractivity contribution in [2.45, 2.75) is 25.1 Å². The molecule has 1 aromatic carbocycles. The van der Waals surface area contributed by atoms with Gasteiger partial charge in [0.1, 0.15) is 16.8 Å². The van der Waals surface area contributed by atoms with Gasteiger partial charge in [-0.15, -0.1) is 21.5 Å². The first-order chi connectivity index (χ1) is 13.5. The van der Waals surface area contributed by atoms with E-state index >= 15 is 0 Å². The fraction of sp³-hybridized carbons (Fsp3) is 0.263. The van der Waals surface area contributed by atoms with E-state index in [2.05, 4.69) is 21.6 Å². The van der Waals surface area contributed by atoms with Crippen molar-refractivity contribution in [3.05, 3.63) is 52.7 Å². The number of amides is 1. The summed E-state index contributed by atoms with van der Waals surface area (Å²) < 4.78 is 7.78. The molecule has 0 aliphatic carbocycles. The maximum Gasteiger partial charge on any atom is 0.235 e. The fourth-order valence-electron chi connectivity index (χ4n) is 2.54. The number of ether oxygens (including phenoxy) is 1. The van der Waals surface area contributed by atoms with Crippen LogP contribution in [-0.4, -0.2) is 26.4 Å². The summed E-state index contributed by atoms with van der Waals surface area (Å²) in [6.07, 6.45) is -0.285. The summed E-state index contributed by atoms with van der Waals surface area (Å²) in [5.41, 5.74) is 1.58. The van der Waals surface area contributed by atoms with E-state index in [0.717, 1.165) is 11.3 Å². The normalized spacial score (nSPS) is 11.6. The summed E-state index contributed by atoms with van der Waals surface area (Å²) in [6, 6.07) is 11.6. The smallest absolute Gasteiger partial charge is 0.235 e. The van der Waals surface area contributed by atoms with Gasteiger partial charge in [-0.25, -0.2) is 0 Å². The molecule has 1 amide bonds. The van der Waals surface area contributed by atoms with Crippen LogP contribution in [0.15, 0.2) is 40.9 Å². The lowest BCUT2D eigenvalue weighted by Crippen LogP contribution is -2.14. The zero-order valence-corrected chi connectivity index (χ0v) is 17.3. The highest BCUT2D eigenvalue weighted by molar-refractivity contribution is 7.99. The molecule has 144 valence electrons. The van der Waals surface area contributed by atoms with Crippen molar-refractivity contribution in [3.8, 4) is 11.8 Å². The number of thiophene rings is 1. The highest BCUT2D eigenvalue weighted by Gasteiger charge is 2.18. The number of nitriles is 1. The van der Waals surface area contributed by atoms with Crippen LogP contribution in [0.4, 0.5) is 5.00 Å². The molecular weight excluding hydrogens is 394 g/mol. The van der Waals surface area contributed by atoms with E-state index in [-0.39, 0.29) is 17.8 Å². The van der Waals surface area contributed by atoms with E-state index in [1.165, 1.54) is 23.1 Å². The molecule has 1 unspecified atom stereocenters. The second-order valence-electron chi connectivity index (χ2n) is 6.09. The molecule has 3 rings (SSSR count). The van der Waals surface area contributed by atoms with Crippen LogP contribution in [0.1, 0.15) is 30.0 Å². The first kappa shape index (κ1) is 19.9. The van der Waals surface area contributed by atoms with Crippen LogP contribution in [0.2, 0.25) is 0 Å². The average Bonchev–Trinajstić information content (AvgIpc) is 3.26. The molecule has 0 aliphatic rings. The van der Waals surface area contributed by atoms with E-state index < -0.39 is 0 Å². The molecule has 9 heteroatoms. The Morgan fingerprint density at radius 1 is 1.43 bits per heavy atom. The van der Waals surface area contributed by atoms with Gasteiger partial charge in [0.25, 0.3) is 0 Å². The largest absolute Gasteiger partial charge is 0.483 e. The number of thioether (sulfide) groups is 1. The predicted octanol–water partition coefficient (Wildman–Crippen LogP) is 3.93. The molecule has 0 spiro atoms. The van der Waals surface area contributed by atoms with Crippen LogP contribution in [0.25, 0.3) is 0 Å². The molecule has 3 aromatic rings. The third-order valence-electron chi connectivity index (χ3n) is 3.91. The summed E-state index contributed by atoms with van der Waals surface area (Å²) in [5.74, 6) is 1.42. The van der Waals surface area contributed by atoms with Gasteiger partial charge in [0.15, 0.2) is 17.1 Å². The quantitative estimate of drug-likeness (QED) is 0.590. The summed E-state index contributed by atoms with van der Waals surface area (Å²) in [4.78, 5) is 12.2. The third kappa shape index (κ3) is 4.71. The molecule has 0 bridgehead atoms. The molecule has 28 heavy (non-hydrogen) atoms. The number of hydrogen-bond donors (Lipinski definition) is 1. The number of anilines is 1. The van der Waals surface area contributed by atoms with E-state index in [4.69, 9.17) is 10.00 Å². The third-order valence-corrected chi connectivity index (χ3v) is 5.76. The second-order valence-corrected chi connectivity index (χ2v) is 7.95. The monoisotopic (exact) mass is 413 g/mol. The standard InChI is InChI=1S/C19H19N5O2S2/c1-12-5-4-6-15(9-12)26-13(2)17-22-23-19(24(17)3)28-11-16(25)21-18-14(10-20)7-8-27-18/h4-9,13H,11H2,1-3H3,(H,21,25). The molecule has 1 N–H and O–H groups in total. The molecule has 2 aromatic heterocycles. The van der Waals surface area contributed by atoms with E-state index in [0.29, 0.717) is 21.5 Å². The Bertz CT molecular complexity index is 1020. The van der Waals surface area contributed by atoms with Crippen molar-refractivity contribution in [2.24, 2.45) is 7.05 Å². The van der Waals surface area contributed by atoms with Crippen LogP contribution in [0.3, 0.4) is 0 Å². The van der Waals surface area contributed by atoms with Crippen molar-refractivity contribution in [1.29, 1.82) is 5.26 Å². The highest BCUT2D eigenvalue weighted by Crippen LogP contribution is 2.25. The molecular formula is C19H19N5O2S2. The van der Waals surface area contributed by atoms with Gasteiger partial charge in [0.2, 0.25) is 5.91 Å². The van der Waals surface area contributed by atoms with Crippen LogP contribution in [0, 0.1) is 18.3 Å². The first-order valence-corrected chi connectivity index (χ1v) is 10.4. The maximum atomic E-state index is 12.2. The lowest BCUT2D eigenvalue weighted by Gasteiger charge is -2.14. The Balaban J connectivity index is 1.59. The Kier molecular flexibility index (Phi) is 6.34. The van der Waals surface area contributed by atoms with E-state index in [1.54, 1.807) is 11.4 Å². The molecule has 0 radical (unpaired) electrons. The van der Waals surface area contributed by atoms with Gasteiger partial charge in [-0.3, -0.25) is 4.79 Å². The number of hydrogen-bond acceptors (Lipinski definition) is 7. The molecule has 7 nitrogen and oxygen atoms in total. The topological polar surface area (TPSA) is 92.8 Å². The van der Waals surface area contributed by atoms with Gasteiger partial charge < -0.3 is 14.6 Å². The number of rotatable bonds is 7. The zero-order chi connectivity index (χ0) is 20.1. The lowest BCUT2D eigenvalue weighted by molar-refractivity contribution is -0.113. The van der Waals surface area contributed by atoms with E-state index in [1.807, 2.05) is 49.7 Å². The minimum Gasteiger partial charge on any atom is -0.483 e. The summed E-state index contributed by atoms with van der Waals surface area (Å²) >= 11 is 2.60. The van der Waals surface area contributed by atoms with Gasteiger partial charge in [-0.1, -0.05) is 23.9 Å². The number of aryl methyl sites for hydroxylation is 1. The summed E-state index contributed by atoms with van der Waals surface area (Å²) in [5, 5.41) is 23.1. The zero-order valence-electron chi connectivity index (χ0n) is 15.7. The van der Waals surface area contributed by atoms with Crippen molar-refractivity contribution in [2.75, 3.05) is 11.1 Å². The van der Waals surface area contributed by atoms with Crippen molar-refractivity contribution in [1.82, 2.24) is 14.8 Å². The molecule has 0 fully saturated rings. The Morgan fingerprint density at radius 3 is 3.00 bits per heavy atom. The number of nitrogens with one attached hydrogen (secondary N) is 1. The van der Waals surface area contributed by atoms with Crippen molar-refractivity contribution in [3.63, 3.8) is 0 Å². The molecule has 0 saturated carbocycles. The van der Waals surface area contributed by atoms with Crippen LogP contribution >= 0.6 is 23.1 Å². The summed E-state index contributed by atoms with van der Waals surface area (Å²) in [6.45, 7) is 3.92. The van der Waals surface area contributed by atoms with Gasteiger partial charge in [0, 0.05) is 7.05 Å². The number of nitrogens with zero attached hydrogens (tertiary/aromatic N) is 4. The van der Waals surface area contributed by atoms with Crippen LogP contribution < -0.4 is 10.1 Å². The van der Waals surface area contributed by atoms with Crippen LogP contribution in [-0.2, 0) is 11.8 Å². The molecule has 0 saturated heterocycles. The molecule has 1 atom stereocenters. The van der Waals surface area contributed by atoms with Gasteiger partial charge in [-0.05, 0) is 43.0 Å². The SMILES string of the molecule is Cc1cccc(OC(C)c2nnc(SCC(=O)Nc3sccc3C#N)n2C)c1. The Labute approximate surface area is 171 Å². The predicted molar refractivity (Wildman–Crippen MR) is 110 cm³/mol. The average molecular weight is 414 g/mol. The van der Waals surface area contributed by atoms with Crippen molar-refractivity contribution >= 4 is 34.0 Å². The summed E-state index contributed by atoms with van der Waals surface area (Å²) in [7, 11) is 1.85. The Morgan fingerprint density at radius 2 is 2.25 bits per heavy atom. The van der Waals surface area contributed by atoms with Crippen molar-refractivity contribution < 1.29 is 9.53 Å². The highest BCUT2D eigenvalue weighted by atomic mass is 32.2. The maximum absolute atomic E-state index is 12.2. The second kappa shape index (κ2) is 8.91. The lowest BCUT2D eigenvalue weighted by atomic mass is 10.2. The van der Waals surface area contributed by atoms with Gasteiger partial charge in [0.05, 0.1) is 11.3 Å². The van der Waals surface area contributed by atoms with Gasteiger partial charge in [-0.2, -0.15) is 5.26 Å². The van der Waals surface area contributed by atoms with Crippen LogP contribution in [0.5, 0.6) is 5.75 Å². The molecule has 2 heterocycles. The van der Waals surface area contributed by atoms with Gasteiger partial charge >= 0.3 is 0 Å². The number of benzene rings is 1. The van der Waals surface area contributed by atoms with E-state index in [9.17, 15) is 4.79 Å². The number of carbonyl (C=O) groups excluding carboxylic acids is 1. The minimum absolute atomic E-state index is 0.169. The minimum atomic E-state index is -0.285.